The van der Waals surface area contributed by atoms with E-state index < -0.39 is 0 Å². The predicted octanol–water partition coefficient (Wildman–Crippen LogP) is 5.58. The smallest absolute Gasteiger partial charge is 0.123 e. The van der Waals surface area contributed by atoms with E-state index in [2.05, 4.69) is 36.4 Å². The molecule has 0 heterocycles. The first-order valence-electron chi connectivity index (χ1n) is 8.50. The first-order valence-corrected chi connectivity index (χ1v) is 9.32. The number of allylic oxidation sites excluding steroid dienone is 2. The number of benzene rings is 2. The van der Waals surface area contributed by atoms with Crippen LogP contribution in [0.1, 0.15) is 36.8 Å². The Labute approximate surface area is 147 Å². The Morgan fingerprint density at radius 1 is 0.917 bits per heavy atom. The van der Waals surface area contributed by atoms with Gasteiger partial charge in [0.2, 0.25) is 0 Å². The van der Waals surface area contributed by atoms with Crippen LogP contribution >= 0.6 is 11.8 Å². The number of ether oxygens (including phenoxy) is 2. The van der Waals surface area contributed by atoms with Crippen molar-refractivity contribution in [1.82, 2.24) is 0 Å². The van der Waals surface area contributed by atoms with Gasteiger partial charge in [-0.1, -0.05) is 30.3 Å². The lowest BCUT2D eigenvalue weighted by atomic mass is 9.95. The molecular formula is C21H22O2S. The normalized spacial score (nSPS) is 21.2. The Hall–Kier alpha value is -1.87. The first kappa shape index (κ1) is 15.6. The molecule has 24 heavy (non-hydrogen) atoms. The van der Waals surface area contributed by atoms with Crippen LogP contribution in [0.15, 0.2) is 58.3 Å². The van der Waals surface area contributed by atoms with Crippen LogP contribution in [0.4, 0.5) is 0 Å². The number of methoxy groups -OCH3 is 2. The maximum Gasteiger partial charge on any atom is 0.123 e. The van der Waals surface area contributed by atoms with Crippen molar-refractivity contribution >= 4 is 11.8 Å². The molecule has 1 unspecified atom stereocenters. The number of hydrogen-bond donors (Lipinski definition) is 0. The minimum atomic E-state index is 0.125. The van der Waals surface area contributed by atoms with Crippen molar-refractivity contribution in [3.05, 3.63) is 59.7 Å². The van der Waals surface area contributed by atoms with E-state index in [4.69, 9.17) is 9.47 Å². The molecule has 2 aromatic rings. The summed E-state index contributed by atoms with van der Waals surface area (Å²) >= 11 is 1.83. The van der Waals surface area contributed by atoms with Crippen LogP contribution in [0.3, 0.4) is 0 Å². The van der Waals surface area contributed by atoms with E-state index in [9.17, 15) is 0 Å². The standard InChI is InChI=1S/C21H22O2S/c1-22-15-7-9-16(10-8-15)24-18-12-11-17(23-2)19-20(18)21(19)13-5-3-4-6-14-21/h5,7-13H,3-4,6,14H2,1-2H3. The summed E-state index contributed by atoms with van der Waals surface area (Å²) in [5.74, 6) is 1.93. The minimum Gasteiger partial charge on any atom is -0.497 e. The average Bonchev–Trinajstić information content (AvgIpc) is 3.35. The van der Waals surface area contributed by atoms with Crippen molar-refractivity contribution in [3.8, 4) is 11.5 Å². The molecule has 2 nitrogen and oxygen atoms in total. The summed E-state index contributed by atoms with van der Waals surface area (Å²) in [5.41, 5.74) is 3.00. The Morgan fingerprint density at radius 2 is 1.75 bits per heavy atom. The highest BCUT2D eigenvalue weighted by atomic mass is 32.2. The highest BCUT2D eigenvalue weighted by Crippen LogP contribution is 2.63. The Balaban J connectivity index is 1.69. The molecule has 3 heteroatoms. The van der Waals surface area contributed by atoms with Gasteiger partial charge in [-0.05, 0) is 61.2 Å². The monoisotopic (exact) mass is 338 g/mol. The molecule has 0 aliphatic heterocycles. The SMILES string of the molecule is COc1ccc(Sc2ccc(OC)c3c2C32C=CCCCC2)cc1. The third kappa shape index (κ3) is 2.51. The molecule has 0 saturated heterocycles. The Kier molecular flexibility index (Phi) is 4.05. The van der Waals surface area contributed by atoms with Crippen molar-refractivity contribution < 1.29 is 9.47 Å². The summed E-state index contributed by atoms with van der Waals surface area (Å²) in [6, 6.07) is 12.6. The first-order chi connectivity index (χ1) is 11.8. The molecule has 0 saturated carbocycles. The van der Waals surface area contributed by atoms with Gasteiger partial charge < -0.3 is 9.47 Å². The van der Waals surface area contributed by atoms with Gasteiger partial charge in [0.25, 0.3) is 0 Å². The van der Waals surface area contributed by atoms with Crippen LogP contribution in [0.5, 0.6) is 11.5 Å². The van der Waals surface area contributed by atoms with Crippen LogP contribution < -0.4 is 9.47 Å². The molecule has 0 amide bonds. The Bertz CT molecular complexity index is 779. The van der Waals surface area contributed by atoms with Gasteiger partial charge in [0.15, 0.2) is 0 Å². The summed E-state index contributed by atoms with van der Waals surface area (Å²) in [6.07, 6.45) is 9.74. The van der Waals surface area contributed by atoms with Crippen molar-refractivity contribution in [2.24, 2.45) is 0 Å². The molecule has 2 aromatic carbocycles. The lowest BCUT2D eigenvalue weighted by molar-refractivity contribution is 0.410. The zero-order valence-corrected chi connectivity index (χ0v) is 15.0. The van der Waals surface area contributed by atoms with Gasteiger partial charge >= 0.3 is 0 Å². The molecule has 2 aliphatic rings. The van der Waals surface area contributed by atoms with E-state index in [0.717, 1.165) is 11.5 Å². The van der Waals surface area contributed by atoms with E-state index in [-0.39, 0.29) is 5.41 Å². The average molecular weight is 338 g/mol. The van der Waals surface area contributed by atoms with Crippen LogP contribution in [-0.4, -0.2) is 14.2 Å². The van der Waals surface area contributed by atoms with Gasteiger partial charge in [0.1, 0.15) is 11.5 Å². The third-order valence-electron chi connectivity index (χ3n) is 5.06. The highest BCUT2D eigenvalue weighted by molar-refractivity contribution is 7.99. The summed E-state index contributed by atoms with van der Waals surface area (Å²) < 4.78 is 10.9. The summed E-state index contributed by atoms with van der Waals surface area (Å²) in [5, 5.41) is 0. The molecule has 124 valence electrons. The van der Waals surface area contributed by atoms with Gasteiger partial charge in [0, 0.05) is 20.8 Å². The van der Waals surface area contributed by atoms with Crippen LogP contribution in [0.2, 0.25) is 0 Å². The lowest BCUT2D eigenvalue weighted by Crippen LogP contribution is -2.03. The van der Waals surface area contributed by atoms with E-state index in [1.54, 1.807) is 14.2 Å². The molecular weight excluding hydrogens is 316 g/mol. The third-order valence-corrected chi connectivity index (χ3v) is 6.13. The van der Waals surface area contributed by atoms with Gasteiger partial charge in [-0.2, -0.15) is 0 Å². The van der Waals surface area contributed by atoms with Crippen LogP contribution in [0.25, 0.3) is 0 Å². The fourth-order valence-corrected chi connectivity index (χ4v) is 4.86. The maximum atomic E-state index is 5.64. The van der Waals surface area contributed by atoms with Gasteiger partial charge in [0.05, 0.1) is 14.2 Å². The van der Waals surface area contributed by atoms with E-state index >= 15 is 0 Å². The second-order valence-corrected chi connectivity index (χ2v) is 7.53. The lowest BCUT2D eigenvalue weighted by Gasteiger charge is -2.10. The molecule has 4 rings (SSSR count). The van der Waals surface area contributed by atoms with E-state index in [1.807, 2.05) is 23.9 Å². The van der Waals surface area contributed by atoms with Crippen molar-refractivity contribution in [2.45, 2.75) is 40.9 Å². The van der Waals surface area contributed by atoms with Crippen molar-refractivity contribution in [3.63, 3.8) is 0 Å². The number of hydrogen-bond acceptors (Lipinski definition) is 3. The molecule has 1 spiro atoms. The Morgan fingerprint density at radius 3 is 2.50 bits per heavy atom. The predicted molar refractivity (Wildman–Crippen MR) is 98.5 cm³/mol. The molecule has 0 fully saturated rings. The van der Waals surface area contributed by atoms with Crippen molar-refractivity contribution in [2.75, 3.05) is 14.2 Å². The topological polar surface area (TPSA) is 18.5 Å². The van der Waals surface area contributed by atoms with Gasteiger partial charge in [-0.15, -0.1) is 0 Å². The summed E-state index contributed by atoms with van der Waals surface area (Å²) in [4.78, 5) is 2.59. The van der Waals surface area contributed by atoms with E-state index in [0.29, 0.717) is 0 Å². The largest absolute Gasteiger partial charge is 0.497 e. The zero-order chi connectivity index (χ0) is 16.6. The number of fused-ring (bicyclic) bond motifs is 3. The zero-order valence-electron chi connectivity index (χ0n) is 14.2. The summed E-state index contributed by atoms with van der Waals surface area (Å²) in [6.45, 7) is 0. The maximum absolute atomic E-state index is 5.64. The van der Waals surface area contributed by atoms with Crippen LogP contribution in [0, 0.1) is 0 Å². The van der Waals surface area contributed by atoms with E-state index in [1.165, 1.54) is 46.6 Å². The molecule has 0 bridgehead atoms. The van der Waals surface area contributed by atoms with Crippen LogP contribution in [-0.2, 0) is 5.41 Å². The van der Waals surface area contributed by atoms with Gasteiger partial charge in [-0.3, -0.25) is 0 Å². The minimum absolute atomic E-state index is 0.125. The molecule has 0 aromatic heterocycles. The molecule has 0 radical (unpaired) electrons. The second-order valence-electron chi connectivity index (χ2n) is 6.41. The second kappa shape index (κ2) is 6.21. The quantitative estimate of drug-likeness (QED) is 0.678. The highest BCUT2D eigenvalue weighted by Gasteiger charge is 2.52. The summed E-state index contributed by atoms with van der Waals surface area (Å²) in [7, 11) is 3.48. The fourth-order valence-electron chi connectivity index (χ4n) is 3.82. The van der Waals surface area contributed by atoms with Gasteiger partial charge in [-0.25, -0.2) is 0 Å². The molecule has 1 atom stereocenters. The molecule has 2 aliphatic carbocycles. The number of rotatable bonds is 4. The fraction of sp³-hybridized carbons (Fsp3) is 0.333. The van der Waals surface area contributed by atoms with Crippen molar-refractivity contribution in [1.29, 1.82) is 0 Å². The molecule has 0 N–H and O–H groups in total.